The molecule has 2 aliphatic heterocycles. The molecule has 1 N–H and O–H groups in total. The van der Waals surface area contributed by atoms with Gasteiger partial charge in [-0.25, -0.2) is 0 Å². The van der Waals surface area contributed by atoms with Crippen molar-refractivity contribution in [2.24, 2.45) is 11.3 Å². The van der Waals surface area contributed by atoms with E-state index in [1.54, 1.807) is 0 Å². The Kier molecular flexibility index (Phi) is 4.32. The Balaban J connectivity index is 1.79. The van der Waals surface area contributed by atoms with Crippen LogP contribution in [0.3, 0.4) is 0 Å². The number of fused-ring (bicyclic) bond motifs is 1. The number of hydrogen-bond donors (Lipinski definition) is 1. The number of rotatable bonds is 2. The Morgan fingerprint density at radius 2 is 1.76 bits per heavy atom. The van der Waals surface area contributed by atoms with Crippen molar-refractivity contribution in [1.29, 1.82) is 0 Å². The van der Waals surface area contributed by atoms with Gasteiger partial charge in [0.05, 0.1) is 13.2 Å². The van der Waals surface area contributed by atoms with Gasteiger partial charge in [-0.1, -0.05) is 25.4 Å². The van der Waals surface area contributed by atoms with E-state index >= 15 is 0 Å². The topological polar surface area (TPSA) is 30.5 Å². The maximum absolute atomic E-state index is 6.45. The lowest BCUT2D eigenvalue weighted by Gasteiger charge is -2.23. The van der Waals surface area contributed by atoms with Gasteiger partial charge in [0.15, 0.2) is 11.5 Å². The summed E-state index contributed by atoms with van der Waals surface area (Å²) in [6.45, 7) is 7.85. The molecular formula is C17H24ClNO2. The zero-order valence-corrected chi connectivity index (χ0v) is 13.6. The van der Waals surface area contributed by atoms with Gasteiger partial charge in [0.2, 0.25) is 0 Å². The summed E-state index contributed by atoms with van der Waals surface area (Å²) in [5.41, 5.74) is 1.21. The van der Waals surface area contributed by atoms with Gasteiger partial charge in [-0.2, -0.15) is 0 Å². The van der Waals surface area contributed by atoms with Crippen molar-refractivity contribution in [3.8, 4) is 11.5 Å². The first-order chi connectivity index (χ1) is 10.0. The molecule has 0 spiro atoms. The zero-order valence-electron chi connectivity index (χ0n) is 12.9. The second-order valence-corrected chi connectivity index (χ2v) is 7.44. The fraction of sp³-hybridized carbons (Fsp3) is 0.647. The van der Waals surface area contributed by atoms with E-state index in [0.29, 0.717) is 19.1 Å². The van der Waals surface area contributed by atoms with Crippen molar-refractivity contribution < 1.29 is 9.47 Å². The minimum absolute atomic E-state index is 0.0285. The van der Waals surface area contributed by atoms with E-state index < -0.39 is 0 Å². The first kappa shape index (κ1) is 15.0. The maximum atomic E-state index is 6.45. The summed E-state index contributed by atoms with van der Waals surface area (Å²) in [5.74, 6) is 2.33. The molecule has 1 aromatic carbocycles. The molecular weight excluding hydrogens is 286 g/mol. The SMILES string of the molecule is CC1(C)COc2cc(Cl)c(CC3CCNCC3)cc2OC1. The van der Waals surface area contributed by atoms with E-state index in [2.05, 4.69) is 25.2 Å². The van der Waals surface area contributed by atoms with Crippen molar-refractivity contribution in [2.45, 2.75) is 33.1 Å². The van der Waals surface area contributed by atoms with Gasteiger partial charge in [-0.15, -0.1) is 0 Å². The molecule has 0 aliphatic carbocycles. The highest BCUT2D eigenvalue weighted by Gasteiger charge is 2.26. The highest BCUT2D eigenvalue weighted by Crippen LogP contribution is 2.38. The van der Waals surface area contributed by atoms with Gasteiger partial charge in [-0.05, 0) is 49.9 Å². The second kappa shape index (κ2) is 6.05. The first-order valence-corrected chi connectivity index (χ1v) is 8.20. The van der Waals surface area contributed by atoms with Crippen LogP contribution >= 0.6 is 11.6 Å². The van der Waals surface area contributed by atoms with E-state index in [0.717, 1.165) is 36.0 Å². The Morgan fingerprint density at radius 1 is 1.14 bits per heavy atom. The molecule has 116 valence electrons. The zero-order chi connectivity index (χ0) is 14.9. The highest BCUT2D eigenvalue weighted by atomic mass is 35.5. The molecule has 2 aliphatic rings. The summed E-state index contributed by atoms with van der Waals surface area (Å²) in [6, 6.07) is 4.01. The summed E-state index contributed by atoms with van der Waals surface area (Å²) in [6.07, 6.45) is 3.47. The van der Waals surface area contributed by atoms with E-state index in [4.69, 9.17) is 21.1 Å². The van der Waals surface area contributed by atoms with Crippen molar-refractivity contribution in [1.82, 2.24) is 5.32 Å². The Labute approximate surface area is 132 Å². The number of halogens is 1. The van der Waals surface area contributed by atoms with Crippen LogP contribution in [0.1, 0.15) is 32.3 Å². The standard InChI is InChI=1S/C17H24ClNO2/c1-17(2)10-20-15-8-13(7-12-3-5-19-6-4-12)14(18)9-16(15)21-11-17/h8-9,12,19H,3-7,10-11H2,1-2H3. The molecule has 1 fully saturated rings. The molecule has 0 amide bonds. The minimum atomic E-state index is 0.0285. The largest absolute Gasteiger partial charge is 0.489 e. The Morgan fingerprint density at radius 3 is 2.43 bits per heavy atom. The van der Waals surface area contributed by atoms with Crippen LogP contribution < -0.4 is 14.8 Å². The predicted molar refractivity (Wildman–Crippen MR) is 85.5 cm³/mol. The molecule has 0 atom stereocenters. The van der Waals surface area contributed by atoms with Crippen LogP contribution in [-0.4, -0.2) is 26.3 Å². The van der Waals surface area contributed by atoms with Crippen molar-refractivity contribution in [2.75, 3.05) is 26.3 Å². The Bertz CT molecular complexity index is 510. The lowest BCUT2D eigenvalue weighted by molar-refractivity contribution is 0.140. The summed E-state index contributed by atoms with van der Waals surface area (Å²) >= 11 is 6.45. The van der Waals surface area contributed by atoms with E-state index in [-0.39, 0.29) is 5.41 Å². The monoisotopic (exact) mass is 309 g/mol. The fourth-order valence-corrected chi connectivity index (χ4v) is 3.17. The molecule has 1 aromatic rings. The van der Waals surface area contributed by atoms with Gasteiger partial charge in [0.1, 0.15) is 0 Å². The molecule has 21 heavy (non-hydrogen) atoms. The van der Waals surface area contributed by atoms with E-state index in [1.807, 2.05) is 6.07 Å². The van der Waals surface area contributed by atoms with Crippen molar-refractivity contribution in [3.63, 3.8) is 0 Å². The maximum Gasteiger partial charge on any atom is 0.162 e. The van der Waals surface area contributed by atoms with Crippen LogP contribution in [0.5, 0.6) is 11.5 Å². The van der Waals surface area contributed by atoms with Gasteiger partial charge in [0.25, 0.3) is 0 Å². The summed E-state index contributed by atoms with van der Waals surface area (Å²) in [7, 11) is 0. The first-order valence-electron chi connectivity index (χ1n) is 7.82. The quantitative estimate of drug-likeness (QED) is 0.904. The van der Waals surface area contributed by atoms with Crippen LogP contribution in [0.2, 0.25) is 5.02 Å². The van der Waals surface area contributed by atoms with E-state index in [9.17, 15) is 0 Å². The van der Waals surface area contributed by atoms with Gasteiger partial charge in [-0.3, -0.25) is 0 Å². The second-order valence-electron chi connectivity index (χ2n) is 7.03. The van der Waals surface area contributed by atoms with Crippen LogP contribution in [0.15, 0.2) is 12.1 Å². The molecule has 3 nitrogen and oxygen atoms in total. The number of benzene rings is 1. The normalized spacial score (nSPS) is 21.9. The third-order valence-corrected chi connectivity index (χ3v) is 4.67. The summed E-state index contributed by atoms with van der Waals surface area (Å²) in [4.78, 5) is 0. The lowest BCUT2D eigenvalue weighted by Crippen LogP contribution is -2.28. The molecule has 0 bridgehead atoms. The number of ether oxygens (including phenoxy) is 2. The van der Waals surface area contributed by atoms with E-state index in [1.165, 1.54) is 18.4 Å². The van der Waals surface area contributed by atoms with Gasteiger partial charge < -0.3 is 14.8 Å². The molecule has 3 rings (SSSR count). The molecule has 2 heterocycles. The van der Waals surface area contributed by atoms with Gasteiger partial charge >= 0.3 is 0 Å². The molecule has 4 heteroatoms. The fourth-order valence-electron chi connectivity index (χ4n) is 2.94. The highest BCUT2D eigenvalue weighted by molar-refractivity contribution is 6.31. The smallest absolute Gasteiger partial charge is 0.162 e. The number of nitrogens with one attached hydrogen (secondary N) is 1. The third-order valence-electron chi connectivity index (χ3n) is 4.32. The summed E-state index contributed by atoms with van der Waals surface area (Å²) in [5, 5.41) is 4.21. The molecule has 0 radical (unpaired) electrons. The van der Waals surface area contributed by atoms with Crippen LogP contribution in [0, 0.1) is 11.3 Å². The van der Waals surface area contributed by atoms with Gasteiger partial charge in [0, 0.05) is 16.5 Å². The molecule has 0 aromatic heterocycles. The lowest BCUT2D eigenvalue weighted by atomic mass is 9.91. The number of hydrogen-bond acceptors (Lipinski definition) is 3. The average molecular weight is 310 g/mol. The van der Waals surface area contributed by atoms with Crippen molar-refractivity contribution >= 4 is 11.6 Å². The third kappa shape index (κ3) is 3.64. The molecule has 1 saturated heterocycles. The molecule has 0 saturated carbocycles. The van der Waals surface area contributed by atoms with Crippen molar-refractivity contribution in [3.05, 3.63) is 22.7 Å². The van der Waals surface area contributed by atoms with Crippen LogP contribution in [0.4, 0.5) is 0 Å². The summed E-state index contributed by atoms with van der Waals surface area (Å²) < 4.78 is 11.8. The van der Waals surface area contributed by atoms with Crippen LogP contribution in [0.25, 0.3) is 0 Å². The predicted octanol–water partition coefficient (Wildman–Crippen LogP) is 3.68. The Hall–Kier alpha value is -0.930. The number of piperidine rings is 1. The minimum Gasteiger partial charge on any atom is -0.489 e. The van der Waals surface area contributed by atoms with Crippen LogP contribution in [-0.2, 0) is 6.42 Å². The average Bonchev–Trinajstić information content (AvgIpc) is 2.60. The molecule has 0 unspecified atom stereocenters.